The molecule has 1 amide bonds. The van der Waals surface area contributed by atoms with Crippen LogP contribution in [0.25, 0.3) is 0 Å². The van der Waals surface area contributed by atoms with E-state index in [4.69, 9.17) is 18.9 Å². The van der Waals surface area contributed by atoms with Crippen molar-refractivity contribution < 1.29 is 28.5 Å². The summed E-state index contributed by atoms with van der Waals surface area (Å²) in [5.41, 5.74) is 1.25. The third kappa shape index (κ3) is 5.64. The summed E-state index contributed by atoms with van der Waals surface area (Å²) in [4.78, 5) is 24.4. The normalized spacial score (nSPS) is 11.3. The molecule has 0 aromatic heterocycles. The molecule has 1 atom stereocenters. The van der Waals surface area contributed by atoms with Crippen LogP contribution in [-0.2, 0) is 20.7 Å². The molecule has 0 aliphatic rings. The fraction of sp³-hybridized carbons (Fsp3) is 0.300. The number of amides is 1. The molecule has 7 heteroatoms. The first kappa shape index (κ1) is 20.1. The van der Waals surface area contributed by atoms with Crippen molar-refractivity contribution in [3.8, 4) is 17.2 Å². The van der Waals surface area contributed by atoms with E-state index in [0.717, 1.165) is 0 Å². The lowest BCUT2D eigenvalue weighted by Gasteiger charge is -2.14. The Morgan fingerprint density at radius 2 is 1.70 bits per heavy atom. The topological polar surface area (TPSA) is 83.1 Å². The molecule has 0 unspecified atom stereocenters. The maximum absolute atomic E-state index is 12.2. The highest BCUT2D eigenvalue weighted by Gasteiger charge is 2.19. The van der Waals surface area contributed by atoms with Gasteiger partial charge in [0.15, 0.2) is 17.6 Å². The van der Waals surface area contributed by atoms with E-state index in [9.17, 15) is 9.59 Å². The lowest BCUT2D eigenvalue weighted by Crippen LogP contribution is -2.30. The van der Waals surface area contributed by atoms with Crippen molar-refractivity contribution in [3.63, 3.8) is 0 Å². The van der Waals surface area contributed by atoms with Gasteiger partial charge in [0.05, 0.1) is 27.8 Å². The summed E-state index contributed by atoms with van der Waals surface area (Å²) >= 11 is 0. The van der Waals surface area contributed by atoms with Crippen LogP contribution in [0.3, 0.4) is 0 Å². The largest absolute Gasteiger partial charge is 0.497 e. The van der Waals surface area contributed by atoms with Gasteiger partial charge in [0, 0.05) is 11.8 Å². The van der Waals surface area contributed by atoms with Crippen LogP contribution in [0.5, 0.6) is 17.2 Å². The van der Waals surface area contributed by atoms with E-state index in [1.165, 1.54) is 21.1 Å². The number of anilines is 1. The van der Waals surface area contributed by atoms with E-state index >= 15 is 0 Å². The van der Waals surface area contributed by atoms with Crippen LogP contribution in [0, 0.1) is 0 Å². The molecule has 0 heterocycles. The molecular formula is C20H23NO6. The van der Waals surface area contributed by atoms with Crippen molar-refractivity contribution in [2.45, 2.75) is 19.4 Å². The Bertz CT molecular complexity index is 805. The maximum Gasteiger partial charge on any atom is 0.311 e. The van der Waals surface area contributed by atoms with E-state index in [2.05, 4.69) is 5.32 Å². The standard InChI is InChI=1S/C20H23NO6/c1-13(20(23)21-15-6-5-7-16(12-15)24-2)27-19(22)11-14-8-9-17(25-3)18(10-14)26-4/h5-10,12-13H,11H2,1-4H3,(H,21,23)/t13-/m0/s1. The highest BCUT2D eigenvalue weighted by molar-refractivity contribution is 5.95. The Kier molecular flexibility index (Phi) is 7.05. The van der Waals surface area contributed by atoms with E-state index in [1.807, 2.05) is 0 Å². The quantitative estimate of drug-likeness (QED) is 0.717. The number of esters is 1. The first-order valence-corrected chi connectivity index (χ1v) is 8.32. The molecule has 7 nitrogen and oxygen atoms in total. The van der Waals surface area contributed by atoms with Crippen LogP contribution in [0.1, 0.15) is 12.5 Å². The molecular weight excluding hydrogens is 350 g/mol. The number of ether oxygens (including phenoxy) is 4. The Morgan fingerprint density at radius 1 is 0.963 bits per heavy atom. The second kappa shape index (κ2) is 9.47. The predicted molar refractivity (Wildman–Crippen MR) is 100 cm³/mol. The third-order valence-electron chi connectivity index (χ3n) is 3.81. The van der Waals surface area contributed by atoms with E-state index in [1.54, 1.807) is 49.6 Å². The van der Waals surface area contributed by atoms with Gasteiger partial charge in [-0.05, 0) is 36.8 Å². The zero-order valence-electron chi connectivity index (χ0n) is 15.8. The van der Waals surface area contributed by atoms with Crippen molar-refractivity contribution in [3.05, 3.63) is 48.0 Å². The highest BCUT2D eigenvalue weighted by Crippen LogP contribution is 2.27. The van der Waals surface area contributed by atoms with Crippen LogP contribution >= 0.6 is 0 Å². The molecule has 144 valence electrons. The summed E-state index contributed by atoms with van der Waals surface area (Å²) in [6.07, 6.45) is -0.930. The molecule has 0 aliphatic heterocycles. The number of methoxy groups -OCH3 is 3. The Morgan fingerprint density at radius 3 is 2.37 bits per heavy atom. The summed E-state index contributed by atoms with van der Waals surface area (Å²) in [5.74, 6) is 0.762. The molecule has 27 heavy (non-hydrogen) atoms. The molecule has 2 aromatic rings. The van der Waals surface area contributed by atoms with E-state index < -0.39 is 18.0 Å². The van der Waals surface area contributed by atoms with Gasteiger partial charge in [-0.25, -0.2) is 0 Å². The number of benzene rings is 2. The number of carbonyl (C=O) groups excluding carboxylic acids is 2. The van der Waals surface area contributed by atoms with Gasteiger partial charge in [-0.15, -0.1) is 0 Å². The van der Waals surface area contributed by atoms with Gasteiger partial charge in [0.25, 0.3) is 5.91 Å². The van der Waals surface area contributed by atoms with Crippen LogP contribution < -0.4 is 19.5 Å². The number of nitrogens with one attached hydrogen (secondary N) is 1. The summed E-state index contributed by atoms with van der Waals surface area (Å²) in [5, 5.41) is 2.69. The van der Waals surface area contributed by atoms with Crippen molar-refractivity contribution in [2.75, 3.05) is 26.6 Å². The molecule has 0 saturated carbocycles. The van der Waals surface area contributed by atoms with Gasteiger partial charge in [-0.2, -0.15) is 0 Å². The van der Waals surface area contributed by atoms with Gasteiger partial charge in [-0.1, -0.05) is 12.1 Å². The molecule has 0 saturated heterocycles. The van der Waals surface area contributed by atoms with Crippen molar-refractivity contribution in [2.24, 2.45) is 0 Å². The minimum absolute atomic E-state index is 0.0110. The predicted octanol–water partition coefficient (Wildman–Crippen LogP) is 2.83. The molecule has 0 spiro atoms. The number of carbonyl (C=O) groups is 2. The third-order valence-corrected chi connectivity index (χ3v) is 3.81. The summed E-state index contributed by atoms with van der Waals surface area (Å²) in [7, 11) is 4.60. The zero-order chi connectivity index (χ0) is 19.8. The summed E-state index contributed by atoms with van der Waals surface area (Å²) in [6, 6.07) is 12.1. The van der Waals surface area contributed by atoms with Crippen LogP contribution in [-0.4, -0.2) is 39.3 Å². The van der Waals surface area contributed by atoms with Crippen molar-refractivity contribution in [1.82, 2.24) is 0 Å². The average molecular weight is 373 g/mol. The van der Waals surface area contributed by atoms with Crippen LogP contribution in [0.4, 0.5) is 5.69 Å². The molecule has 0 fully saturated rings. The lowest BCUT2D eigenvalue weighted by molar-refractivity contribution is -0.152. The van der Waals surface area contributed by atoms with E-state index in [0.29, 0.717) is 28.5 Å². The first-order chi connectivity index (χ1) is 13.0. The zero-order valence-corrected chi connectivity index (χ0v) is 15.8. The van der Waals surface area contributed by atoms with Gasteiger partial charge < -0.3 is 24.3 Å². The number of hydrogen-bond donors (Lipinski definition) is 1. The average Bonchev–Trinajstić information content (AvgIpc) is 2.67. The molecule has 1 N–H and O–H groups in total. The molecule has 0 bridgehead atoms. The minimum Gasteiger partial charge on any atom is -0.497 e. The monoisotopic (exact) mass is 373 g/mol. The van der Waals surface area contributed by atoms with Crippen LogP contribution in [0.15, 0.2) is 42.5 Å². The fourth-order valence-electron chi connectivity index (χ4n) is 2.39. The van der Waals surface area contributed by atoms with Crippen LogP contribution in [0.2, 0.25) is 0 Å². The smallest absolute Gasteiger partial charge is 0.311 e. The summed E-state index contributed by atoms with van der Waals surface area (Å²) < 4.78 is 20.7. The number of hydrogen-bond acceptors (Lipinski definition) is 6. The number of rotatable bonds is 8. The molecule has 2 rings (SSSR count). The van der Waals surface area contributed by atoms with Gasteiger partial charge in [0.1, 0.15) is 5.75 Å². The SMILES string of the molecule is COc1cccc(NC(=O)[C@H](C)OC(=O)Cc2ccc(OC)c(OC)c2)c1. The Hall–Kier alpha value is -3.22. The Balaban J connectivity index is 1.93. The molecule has 0 aliphatic carbocycles. The second-order valence-electron chi connectivity index (χ2n) is 5.72. The molecule has 0 radical (unpaired) electrons. The molecule has 2 aromatic carbocycles. The first-order valence-electron chi connectivity index (χ1n) is 8.32. The van der Waals surface area contributed by atoms with Gasteiger partial charge >= 0.3 is 5.97 Å². The van der Waals surface area contributed by atoms with Gasteiger partial charge in [0.2, 0.25) is 0 Å². The summed E-state index contributed by atoms with van der Waals surface area (Å²) in [6.45, 7) is 1.52. The highest BCUT2D eigenvalue weighted by atomic mass is 16.5. The van der Waals surface area contributed by atoms with E-state index in [-0.39, 0.29) is 6.42 Å². The fourth-order valence-corrected chi connectivity index (χ4v) is 2.39. The van der Waals surface area contributed by atoms with Gasteiger partial charge in [-0.3, -0.25) is 9.59 Å². The Labute approximate surface area is 158 Å². The minimum atomic E-state index is -0.941. The van der Waals surface area contributed by atoms with Crippen molar-refractivity contribution in [1.29, 1.82) is 0 Å². The second-order valence-corrected chi connectivity index (χ2v) is 5.72. The van der Waals surface area contributed by atoms with Crippen molar-refractivity contribution >= 4 is 17.6 Å². The lowest BCUT2D eigenvalue weighted by atomic mass is 10.1. The maximum atomic E-state index is 12.2.